The Balaban J connectivity index is 1.73. The number of phenolic OH excluding ortho intramolecular Hbond substituents is 1. The largest absolute Gasteiger partial charge is 0.507 e. The Labute approximate surface area is 121 Å². The highest BCUT2D eigenvalue weighted by molar-refractivity contribution is 6.01. The lowest BCUT2D eigenvalue weighted by Gasteiger charge is -1.98. The second-order valence-electron chi connectivity index (χ2n) is 4.48. The van der Waals surface area contributed by atoms with Crippen molar-refractivity contribution < 1.29 is 9.90 Å². The van der Waals surface area contributed by atoms with E-state index < -0.39 is 0 Å². The summed E-state index contributed by atoms with van der Waals surface area (Å²) in [4.78, 5) is 19.1. The number of nitrogens with zero attached hydrogens (tertiary/aromatic N) is 1. The molecule has 0 spiro atoms. The Kier molecular flexibility index (Phi) is 3.39. The van der Waals surface area contributed by atoms with Gasteiger partial charge in [-0.25, -0.2) is 4.98 Å². The molecule has 21 heavy (non-hydrogen) atoms. The maximum atomic E-state index is 11.8. The van der Waals surface area contributed by atoms with Crippen LogP contribution in [0.5, 0.6) is 5.75 Å². The fraction of sp³-hybridized carbons (Fsp3) is 0. The maximum absolute atomic E-state index is 11.8. The highest BCUT2D eigenvalue weighted by atomic mass is 16.3. The van der Waals surface area contributed by atoms with Gasteiger partial charge in [-0.3, -0.25) is 10.1 Å². The number of nitrogens with one attached hydrogen (secondary N) is 2. The molecule has 0 bridgehead atoms. The molecular weight excluding hydrogens is 266 g/mol. The van der Waals surface area contributed by atoms with Crippen molar-refractivity contribution >= 4 is 29.0 Å². The van der Waals surface area contributed by atoms with Gasteiger partial charge in [-0.05, 0) is 24.3 Å². The molecule has 0 radical (unpaired) electrons. The van der Waals surface area contributed by atoms with Crippen LogP contribution in [-0.4, -0.2) is 21.0 Å². The number of amides is 1. The number of fused-ring (bicyclic) bond motifs is 1. The van der Waals surface area contributed by atoms with Crippen LogP contribution in [0.1, 0.15) is 5.56 Å². The summed E-state index contributed by atoms with van der Waals surface area (Å²) in [6.45, 7) is 0. The summed E-state index contributed by atoms with van der Waals surface area (Å²) in [6, 6.07) is 14.3. The highest BCUT2D eigenvalue weighted by Gasteiger charge is 2.04. The van der Waals surface area contributed by atoms with E-state index in [2.05, 4.69) is 15.3 Å². The molecule has 3 N–H and O–H groups in total. The Morgan fingerprint density at radius 3 is 2.71 bits per heavy atom. The quantitative estimate of drug-likeness (QED) is 0.645. The topological polar surface area (TPSA) is 78.0 Å². The molecule has 0 aliphatic heterocycles. The Hall–Kier alpha value is -3.08. The van der Waals surface area contributed by atoms with Crippen LogP contribution in [0, 0.1) is 0 Å². The summed E-state index contributed by atoms with van der Waals surface area (Å²) in [7, 11) is 0. The lowest BCUT2D eigenvalue weighted by atomic mass is 10.2. The molecule has 3 rings (SSSR count). The molecule has 0 fully saturated rings. The monoisotopic (exact) mass is 279 g/mol. The number of anilines is 1. The normalized spacial score (nSPS) is 11.0. The molecule has 1 amide bonds. The molecular formula is C16H13N3O2. The summed E-state index contributed by atoms with van der Waals surface area (Å²) in [6.07, 6.45) is 2.90. The van der Waals surface area contributed by atoms with Crippen molar-refractivity contribution in [3.05, 3.63) is 60.2 Å². The van der Waals surface area contributed by atoms with E-state index in [0.717, 1.165) is 11.0 Å². The van der Waals surface area contributed by atoms with E-state index in [1.165, 1.54) is 6.08 Å². The van der Waals surface area contributed by atoms with E-state index in [-0.39, 0.29) is 11.7 Å². The van der Waals surface area contributed by atoms with Gasteiger partial charge in [0.2, 0.25) is 5.95 Å². The van der Waals surface area contributed by atoms with Crippen LogP contribution in [0.3, 0.4) is 0 Å². The van der Waals surface area contributed by atoms with Crippen molar-refractivity contribution in [1.29, 1.82) is 0 Å². The molecule has 5 nitrogen and oxygen atoms in total. The summed E-state index contributed by atoms with van der Waals surface area (Å²) >= 11 is 0. The number of imidazole rings is 1. The predicted molar refractivity (Wildman–Crippen MR) is 81.9 cm³/mol. The smallest absolute Gasteiger partial charge is 0.250 e. The first kappa shape index (κ1) is 12.9. The summed E-state index contributed by atoms with van der Waals surface area (Å²) in [5.74, 6) is 0.200. The first-order valence-corrected chi connectivity index (χ1v) is 6.44. The average molecular weight is 279 g/mol. The second kappa shape index (κ2) is 5.50. The number of hydrogen-bond acceptors (Lipinski definition) is 3. The third kappa shape index (κ3) is 2.92. The van der Waals surface area contributed by atoms with Crippen molar-refractivity contribution in [2.24, 2.45) is 0 Å². The van der Waals surface area contributed by atoms with Crippen molar-refractivity contribution in [2.45, 2.75) is 0 Å². The molecule has 1 aromatic heterocycles. The number of carbonyl (C=O) groups is 1. The predicted octanol–water partition coefficient (Wildman–Crippen LogP) is 2.92. The minimum atomic E-state index is -0.322. The fourth-order valence-corrected chi connectivity index (χ4v) is 1.96. The van der Waals surface area contributed by atoms with Gasteiger partial charge < -0.3 is 10.1 Å². The van der Waals surface area contributed by atoms with Crippen LogP contribution in [0.25, 0.3) is 17.1 Å². The van der Waals surface area contributed by atoms with Crippen LogP contribution < -0.4 is 5.32 Å². The van der Waals surface area contributed by atoms with Gasteiger partial charge in [0.05, 0.1) is 11.0 Å². The lowest BCUT2D eigenvalue weighted by molar-refractivity contribution is -0.111. The van der Waals surface area contributed by atoms with Crippen molar-refractivity contribution in [3.8, 4) is 5.75 Å². The average Bonchev–Trinajstić information content (AvgIpc) is 2.88. The van der Waals surface area contributed by atoms with E-state index in [1.54, 1.807) is 30.3 Å². The first-order chi connectivity index (χ1) is 10.2. The van der Waals surface area contributed by atoms with Crippen molar-refractivity contribution in [3.63, 3.8) is 0 Å². The van der Waals surface area contributed by atoms with Crippen molar-refractivity contribution in [1.82, 2.24) is 9.97 Å². The van der Waals surface area contributed by atoms with E-state index in [1.807, 2.05) is 24.3 Å². The number of benzene rings is 2. The first-order valence-electron chi connectivity index (χ1n) is 6.44. The molecule has 1 heterocycles. The van der Waals surface area contributed by atoms with E-state index in [0.29, 0.717) is 11.5 Å². The van der Waals surface area contributed by atoms with Crippen molar-refractivity contribution in [2.75, 3.05) is 5.32 Å². The number of para-hydroxylation sites is 3. The van der Waals surface area contributed by atoms with E-state index in [9.17, 15) is 9.90 Å². The van der Waals surface area contributed by atoms with E-state index >= 15 is 0 Å². The summed E-state index contributed by atoms with van der Waals surface area (Å²) < 4.78 is 0. The van der Waals surface area contributed by atoms with Gasteiger partial charge in [0.1, 0.15) is 5.75 Å². The van der Waals surface area contributed by atoms with Crippen LogP contribution >= 0.6 is 0 Å². The minimum Gasteiger partial charge on any atom is -0.507 e. The molecule has 0 atom stereocenters. The number of phenols is 1. The van der Waals surface area contributed by atoms with Gasteiger partial charge >= 0.3 is 0 Å². The highest BCUT2D eigenvalue weighted by Crippen LogP contribution is 2.17. The van der Waals surface area contributed by atoms with Crippen LogP contribution in [0.2, 0.25) is 0 Å². The van der Waals surface area contributed by atoms with Crippen LogP contribution in [-0.2, 0) is 4.79 Å². The zero-order valence-corrected chi connectivity index (χ0v) is 11.1. The van der Waals surface area contributed by atoms with Gasteiger partial charge in [-0.15, -0.1) is 0 Å². The number of aromatic nitrogens is 2. The molecule has 2 aromatic carbocycles. The fourth-order valence-electron chi connectivity index (χ4n) is 1.96. The lowest BCUT2D eigenvalue weighted by Crippen LogP contribution is -2.08. The van der Waals surface area contributed by atoms with Gasteiger partial charge in [-0.2, -0.15) is 0 Å². The minimum absolute atomic E-state index is 0.130. The molecule has 0 saturated carbocycles. The van der Waals surface area contributed by atoms with Gasteiger partial charge in [0, 0.05) is 11.6 Å². The summed E-state index contributed by atoms with van der Waals surface area (Å²) in [5, 5.41) is 12.3. The van der Waals surface area contributed by atoms with Gasteiger partial charge in [0.25, 0.3) is 5.91 Å². The second-order valence-corrected chi connectivity index (χ2v) is 4.48. The number of rotatable bonds is 3. The molecule has 104 valence electrons. The number of aromatic amines is 1. The van der Waals surface area contributed by atoms with Gasteiger partial charge in [0.15, 0.2) is 0 Å². The zero-order valence-electron chi connectivity index (χ0n) is 11.1. The third-order valence-corrected chi connectivity index (χ3v) is 2.98. The third-order valence-electron chi connectivity index (χ3n) is 2.98. The number of carbonyl (C=O) groups excluding carboxylic acids is 1. The SMILES string of the molecule is O=C(C=Cc1ccccc1O)Nc1nc2ccccc2[nH]1. The molecule has 0 aliphatic rings. The number of hydrogen-bond donors (Lipinski definition) is 3. The standard InChI is InChI=1S/C16H13N3O2/c20-14-8-4-1-5-11(14)9-10-15(21)19-16-17-12-6-2-3-7-13(12)18-16/h1-10,20H,(H2,17,18,19,21). The Morgan fingerprint density at radius 2 is 1.90 bits per heavy atom. The zero-order chi connectivity index (χ0) is 14.7. The molecule has 5 heteroatoms. The van der Waals surface area contributed by atoms with Gasteiger partial charge in [-0.1, -0.05) is 30.3 Å². The molecule has 0 unspecified atom stereocenters. The van der Waals surface area contributed by atoms with E-state index in [4.69, 9.17) is 0 Å². The Morgan fingerprint density at radius 1 is 1.14 bits per heavy atom. The molecule has 0 saturated heterocycles. The summed E-state index contributed by atoms with van der Waals surface area (Å²) in [5.41, 5.74) is 2.23. The van der Waals surface area contributed by atoms with Crippen LogP contribution in [0.4, 0.5) is 5.95 Å². The molecule has 0 aliphatic carbocycles. The number of aromatic hydroxyl groups is 1. The van der Waals surface area contributed by atoms with Crippen LogP contribution in [0.15, 0.2) is 54.6 Å². The maximum Gasteiger partial charge on any atom is 0.250 e. The Bertz CT molecular complexity index is 788. The number of H-pyrrole nitrogens is 1. The molecule has 3 aromatic rings.